The molecule has 2 aromatic carbocycles. The first-order valence-corrected chi connectivity index (χ1v) is 11.8. The first-order chi connectivity index (χ1) is 15.7. The third-order valence-electron chi connectivity index (χ3n) is 5.90. The molecule has 6 heteroatoms. The number of nitrogens with one attached hydrogen (secondary N) is 2. The number of nitrogens with zero attached hydrogens (tertiary/aromatic N) is 1. The molecule has 6 nitrogen and oxygen atoms in total. The van der Waals surface area contributed by atoms with Gasteiger partial charge < -0.3 is 20.3 Å². The lowest BCUT2D eigenvalue weighted by Gasteiger charge is -2.35. The number of rotatable bonds is 8. The molecule has 0 aliphatic carbocycles. The molecule has 0 bridgehead atoms. The number of hydrogen-bond acceptors (Lipinski definition) is 4. The van der Waals surface area contributed by atoms with Crippen molar-refractivity contribution in [2.45, 2.75) is 52.5 Å². The highest BCUT2D eigenvalue weighted by Crippen LogP contribution is 2.25. The number of anilines is 1. The Hall–Kier alpha value is -3.02. The fourth-order valence-electron chi connectivity index (χ4n) is 4.17. The Morgan fingerprint density at radius 2 is 1.70 bits per heavy atom. The molecular weight excluding hydrogens is 414 g/mol. The van der Waals surface area contributed by atoms with Gasteiger partial charge in [0.2, 0.25) is 5.91 Å². The minimum absolute atomic E-state index is 0.00946. The maximum absolute atomic E-state index is 12.9. The smallest absolute Gasteiger partial charge is 0.253 e. The van der Waals surface area contributed by atoms with Gasteiger partial charge in [0.05, 0.1) is 12.7 Å². The van der Waals surface area contributed by atoms with Crippen LogP contribution in [-0.2, 0) is 11.2 Å². The second-order valence-electron chi connectivity index (χ2n) is 9.94. The Kier molecular flexibility index (Phi) is 8.37. The lowest BCUT2D eigenvalue weighted by atomic mass is 9.91. The molecule has 2 N–H and O–H groups in total. The van der Waals surface area contributed by atoms with E-state index < -0.39 is 0 Å². The first kappa shape index (κ1) is 24.6. The van der Waals surface area contributed by atoms with E-state index in [2.05, 4.69) is 36.3 Å². The Balaban J connectivity index is 1.52. The van der Waals surface area contributed by atoms with Crippen LogP contribution in [0.1, 0.15) is 56.0 Å². The van der Waals surface area contributed by atoms with Gasteiger partial charge in [-0.15, -0.1) is 0 Å². The summed E-state index contributed by atoms with van der Waals surface area (Å²) >= 11 is 0. The molecule has 178 valence electrons. The molecule has 3 rings (SSSR count). The van der Waals surface area contributed by atoms with E-state index in [0.717, 1.165) is 49.4 Å². The minimum atomic E-state index is -0.0558. The number of carbonyl (C=O) groups is 2. The number of para-hydroxylation sites is 1. The Morgan fingerprint density at radius 3 is 2.33 bits per heavy atom. The molecule has 1 saturated heterocycles. The highest BCUT2D eigenvalue weighted by atomic mass is 16.5. The monoisotopic (exact) mass is 451 g/mol. The van der Waals surface area contributed by atoms with Crippen molar-refractivity contribution in [1.29, 1.82) is 0 Å². The summed E-state index contributed by atoms with van der Waals surface area (Å²) < 4.78 is 5.19. The molecule has 2 amide bonds. The summed E-state index contributed by atoms with van der Waals surface area (Å²) in [7, 11) is 1.65. The number of benzene rings is 2. The van der Waals surface area contributed by atoms with Crippen LogP contribution >= 0.6 is 0 Å². The van der Waals surface area contributed by atoms with Crippen molar-refractivity contribution in [3.05, 3.63) is 59.7 Å². The summed E-state index contributed by atoms with van der Waals surface area (Å²) in [5.74, 6) is 0.895. The van der Waals surface area contributed by atoms with Crippen molar-refractivity contribution >= 4 is 17.5 Å². The van der Waals surface area contributed by atoms with Gasteiger partial charge in [0.1, 0.15) is 5.75 Å². The van der Waals surface area contributed by atoms with Gasteiger partial charge in [-0.25, -0.2) is 0 Å². The molecular formula is C27H37N3O3. The number of hydrogen-bond donors (Lipinski definition) is 2. The highest BCUT2D eigenvalue weighted by Gasteiger charge is 2.25. The second-order valence-corrected chi connectivity index (χ2v) is 9.94. The molecule has 0 radical (unpaired) electrons. The summed E-state index contributed by atoms with van der Waals surface area (Å²) in [6.45, 7) is 8.44. The Morgan fingerprint density at radius 1 is 1.03 bits per heavy atom. The van der Waals surface area contributed by atoms with E-state index in [0.29, 0.717) is 18.5 Å². The van der Waals surface area contributed by atoms with Crippen LogP contribution in [0, 0.1) is 5.41 Å². The fourth-order valence-corrected chi connectivity index (χ4v) is 4.17. The van der Waals surface area contributed by atoms with Gasteiger partial charge in [-0.2, -0.15) is 0 Å². The zero-order valence-electron chi connectivity index (χ0n) is 20.3. The predicted octanol–water partition coefficient (Wildman–Crippen LogP) is 4.19. The van der Waals surface area contributed by atoms with Crippen LogP contribution in [0.4, 0.5) is 5.69 Å². The zero-order chi connectivity index (χ0) is 23.8. The van der Waals surface area contributed by atoms with E-state index in [9.17, 15) is 9.59 Å². The predicted molar refractivity (Wildman–Crippen MR) is 133 cm³/mol. The van der Waals surface area contributed by atoms with Gasteiger partial charge in [0.25, 0.3) is 5.91 Å². The van der Waals surface area contributed by atoms with Crippen LogP contribution in [0.25, 0.3) is 0 Å². The molecule has 0 spiro atoms. The summed E-state index contributed by atoms with van der Waals surface area (Å²) in [5.41, 5.74) is 2.80. The highest BCUT2D eigenvalue weighted by molar-refractivity contribution is 5.99. The maximum Gasteiger partial charge on any atom is 0.253 e. The van der Waals surface area contributed by atoms with Gasteiger partial charge >= 0.3 is 0 Å². The molecule has 1 aliphatic heterocycles. The first-order valence-electron chi connectivity index (χ1n) is 11.8. The van der Waals surface area contributed by atoms with Gasteiger partial charge in [0.15, 0.2) is 0 Å². The third-order valence-corrected chi connectivity index (χ3v) is 5.90. The number of amides is 2. The van der Waals surface area contributed by atoms with Crippen molar-refractivity contribution in [3.63, 3.8) is 0 Å². The van der Waals surface area contributed by atoms with Crippen LogP contribution in [0.5, 0.6) is 5.75 Å². The molecule has 1 aliphatic rings. The van der Waals surface area contributed by atoms with Crippen molar-refractivity contribution in [1.82, 2.24) is 10.6 Å². The van der Waals surface area contributed by atoms with Crippen LogP contribution in [0.15, 0.2) is 48.5 Å². The molecule has 33 heavy (non-hydrogen) atoms. The van der Waals surface area contributed by atoms with E-state index in [4.69, 9.17) is 4.74 Å². The average molecular weight is 452 g/mol. The van der Waals surface area contributed by atoms with Crippen molar-refractivity contribution in [2.75, 3.05) is 31.6 Å². The summed E-state index contributed by atoms with van der Waals surface area (Å²) in [6.07, 6.45) is 3.05. The number of ether oxygens (including phenoxy) is 1. The molecule has 0 unspecified atom stereocenters. The summed E-state index contributed by atoms with van der Waals surface area (Å²) in [6, 6.07) is 15.9. The van der Waals surface area contributed by atoms with Crippen LogP contribution < -0.4 is 20.3 Å². The Labute approximate surface area is 197 Å². The SMILES string of the molecule is COc1ccc(CCNC(=O)c2ccccc2N2CCC(NC(=O)CC(C)(C)C)CC2)cc1. The zero-order valence-corrected chi connectivity index (χ0v) is 20.3. The molecule has 1 heterocycles. The fraction of sp³-hybridized carbons (Fsp3) is 0.481. The quantitative estimate of drug-likeness (QED) is 0.631. The van der Waals surface area contributed by atoms with Gasteiger partial charge in [0, 0.05) is 37.8 Å². The largest absolute Gasteiger partial charge is 0.497 e. The lowest BCUT2D eigenvalue weighted by Crippen LogP contribution is -2.45. The summed E-state index contributed by atoms with van der Waals surface area (Å²) in [5, 5.41) is 6.24. The molecule has 0 saturated carbocycles. The summed E-state index contributed by atoms with van der Waals surface area (Å²) in [4.78, 5) is 27.5. The number of carbonyl (C=O) groups excluding carboxylic acids is 2. The average Bonchev–Trinajstić information content (AvgIpc) is 2.79. The Bertz CT molecular complexity index is 926. The topological polar surface area (TPSA) is 70.7 Å². The van der Waals surface area contributed by atoms with E-state index in [1.165, 1.54) is 0 Å². The van der Waals surface area contributed by atoms with E-state index in [-0.39, 0.29) is 23.3 Å². The third kappa shape index (κ3) is 7.52. The maximum atomic E-state index is 12.9. The van der Waals surface area contributed by atoms with E-state index in [1.54, 1.807) is 7.11 Å². The van der Waals surface area contributed by atoms with E-state index >= 15 is 0 Å². The van der Waals surface area contributed by atoms with E-state index in [1.807, 2.05) is 48.5 Å². The number of piperidine rings is 1. The normalized spacial score (nSPS) is 14.6. The van der Waals surface area contributed by atoms with Crippen LogP contribution in [-0.4, -0.2) is 44.6 Å². The minimum Gasteiger partial charge on any atom is -0.497 e. The molecule has 2 aromatic rings. The number of methoxy groups -OCH3 is 1. The molecule has 1 fully saturated rings. The van der Waals surface area contributed by atoms with Crippen molar-refractivity contribution < 1.29 is 14.3 Å². The van der Waals surface area contributed by atoms with Crippen molar-refractivity contribution in [2.24, 2.45) is 5.41 Å². The van der Waals surface area contributed by atoms with Crippen molar-refractivity contribution in [3.8, 4) is 5.75 Å². The molecule has 0 aromatic heterocycles. The van der Waals surface area contributed by atoms with Gasteiger partial charge in [-0.3, -0.25) is 9.59 Å². The van der Waals surface area contributed by atoms with Crippen LogP contribution in [0.3, 0.4) is 0 Å². The standard InChI is InChI=1S/C27H37N3O3/c1-27(2,3)19-25(31)29-21-14-17-30(18-15-21)24-8-6-5-7-23(24)26(32)28-16-13-20-9-11-22(33-4)12-10-20/h5-12,21H,13-19H2,1-4H3,(H,28,32)(H,29,31). The second kappa shape index (κ2) is 11.2. The lowest BCUT2D eigenvalue weighted by molar-refractivity contribution is -0.123. The molecule has 0 atom stereocenters. The van der Waals surface area contributed by atoms with Gasteiger partial charge in [-0.1, -0.05) is 45.0 Å². The van der Waals surface area contributed by atoms with Gasteiger partial charge in [-0.05, 0) is 54.5 Å². The van der Waals surface area contributed by atoms with Crippen LogP contribution in [0.2, 0.25) is 0 Å².